The Hall–Kier alpha value is -1.36. The van der Waals surface area contributed by atoms with Crippen LogP contribution >= 0.6 is 11.3 Å². The van der Waals surface area contributed by atoms with Crippen molar-refractivity contribution in [3.8, 4) is 16.5 Å². The third kappa shape index (κ3) is 1.50. The van der Waals surface area contributed by atoms with E-state index in [0.717, 1.165) is 17.7 Å². The first kappa shape index (κ1) is 10.6. The quantitative estimate of drug-likeness (QED) is 0.901. The molecule has 2 aliphatic rings. The number of aromatic nitrogens is 2. The van der Waals surface area contributed by atoms with Crippen LogP contribution in [0.2, 0.25) is 0 Å². The van der Waals surface area contributed by atoms with Crippen molar-refractivity contribution in [1.29, 1.82) is 0 Å². The Kier molecular flexibility index (Phi) is 2.24. The molecule has 1 N–H and O–H groups in total. The van der Waals surface area contributed by atoms with Crippen molar-refractivity contribution >= 4 is 11.3 Å². The van der Waals surface area contributed by atoms with Gasteiger partial charge in [-0.3, -0.25) is 0 Å². The molecular formula is C13H14N2O2S. The molecule has 0 radical (unpaired) electrons. The van der Waals surface area contributed by atoms with Crippen LogP contribution in [0.25, 0.3) is 10.8 Å². The van der Waals surface area contributed by atoms with Crippen LogP contribution in [-0.2, 0) is 0 Å². The van der Waals surface area contributed by atoms with E-state index in [1.807, 2.05) is 5.38 Å². The summed E-state index contributed by atoms with van der Waals surface area (Å²) in [6.07, 6.45) is 5.22. The van der Waals surface area contributed by atoms with E-state index < -0.39 is 0 Å². The first-order chi connectivity index (χ1) is 8.81. The maximum atomic E-state index is 9.67. The second-order valence-corrected chi connectivity index (χ2v) is 6.29. The Morgan fingerprint density at radius 1 is 1.33 bits per heavy atom. The maximum Gasteiger partial charge on any atom is 0.271 e. The smallest absolute Gasteiger partial charge is 0.271 e. The van der Waals surface area contributed by atoms with Gasteiger partial charge in [-0.25, -0.2) is 0 Å². The summed E-state index contributed by atoms with van der Waals surface area (Å²) in [7, 11) is 0. The molecule has 0 saturated heterocycles. The molecular weight excluding hydrogens is 248 g/mol. The topological polar surface area (TPSA) is 59.2 Å². The minimum Gasteiger partial charge on any atom is -0.506 e. The molecule has 94 valence electrons. The molecule has 2 fully saturated rings. The average molecular weight is 262 g/mol. The van der Waals surface area contributed by atoms with Gasteiger partial charge >= 0.3 is 0 Å². The Balaban J connectivity index is 1.65. The van der Waals surface area contributed by atoms with Crippen LogP contribution in [0.15, 0.2) is 16.0 Å². The predicted molar refractivity (Wildman–Crippen MR) is 67.5 cm³/mol. The number of rotatable bonds is 2. The number of aromatic hydroxyl groups is 1. The van der Waals surface area contributed by atoms with Crippen LogP contribution in [0, 0.1) is 11.8 Å². The van der Waals surface area contributed by atoms with Crippen LogP contribution in [0.5, 0.6) is 5.75 Å². The molecule has 2 heterocycles. The third-order valence-electron chi connectivity index (χ3n) is 4.35. The molecule has 0 amide bonds. The summed E-state index contributed by atoms with van der Waals surface area (Å²) in [6.45, 7) is 0. The number of hydrogen-bond donors (Lipinski definition) is 1. The second kappa shape index (κ2) is 3.82. The van der Waals surface area contributed by atoms with Crippen molar-refractivity contribution in [2.45, 2.75) is 31.6 Å². The lowest BCUT2D eigenvalue weighted by Gasteiger charge is -2.17. The van der Waals surface area contributed by atoms with Crippen molar-refractivity contribution in [1.82, 2.24) is 10.1 Å². The highest BCUT2D eigenvalue weighted by Gasteiger charge is 2.42. The highest BCUT2D eigenvalue weighted by Crippen LogP contribution is 2.52. The van der Waals surface area contributed by atoms with Gasteiger partial charge in [0.25, 0.3) is 5.89 Å². The van der Waals surface area contributed by atoms with E-state index in [-0.39, 0.29) is 5.75 Å². The fraction of sp³-hybridized carbons (Fsp3) is 0.538. The molecule has 0 spiro atoms. The second-order valence-electron chi connectivity index (χ2n) is 5.37. The Labute approximate surface area is 109 Å². The molecule has 2 aliphatic carbocycles. The number of fused-ring (bicyclic) bond motifs is 2. The summed E-state index contributed by atoms with van der Waals surface area (Å²) in [5, 5.41) is 15.6. The van der Waals surface area contributed by atoms with Crippen LogP contribution < -0.4 is 0 Å². The van der Waals surface area contributed by atoms with Crippen molar-refractivity contribution in [3.63, 3.8) is 0 Å². The fourth-order valence-corrected chi connectivity index (χ4v) is 4.21. The summed E-state index contributed by atoms with van der Waals surface area (Å²) in [5.41, 5.74) is 0. The lowest BCUT2D eigenvalue weighted by atomic mass is 9.88. The number of thiophene rings is 1. The zero-order valence-electron chi connectivity index (χ0n) is 9.87. The van der Waals surface area contributed by atoms with Crippen molar-refractivity contribution in [3.05, 3.63) is 17.3 Å². The Morgan fingerprint density at radius 2 is 2.28 bits per heavy atom. The largest absolute Gasteiger partial charge is 0.506 e. The lowest BCUT2D eigenvalue weighted by molar-refractivity contribution is 0.372. The molecule has 3 unspecified atom stereocenters. The van der Waals surface area contributed by atoms with Gasteiger partial charge in [-0.1, -0.05) is 11.6 Å². The summed E-state index contributed by atoms with van der Waals surface area (Å²) in [4.78, 5) is 5.16. The summed E-state index contributed by atoms with van der Waals surface area (Å²) in [5.74, 6) is 3.62. The normalized spacial score (nSPS) is 30.1. The van der Waals surface area contributed by atoms with Gasteiger partial charge in [0.05, 0.1) is 0 Å². The van der Waals surface area contributed by atoms with E-state index in [1.54, 1.807) is 6.07 Å². The van der Waals surface area contributed by atoms with Crippen LogP contribution in [0.4, 0.5) is 0 Å². The zero-order valence-corrected chi connectivity index (χ0v) is 10.7. The van der Waals surface area contributed by atoms with E-state index in [2.05, 4.69) is 10.1 Å². The van der Waals surface area contributed by atoms with Crippen LogP contribution in [0.1, 0.15) is 37.4 Å². The van der Waals surface area contributed by atoms with Gasteiger partial charge in [0.15, 0.2) is 5.82 Å². The minimum atomic E-state index is 0.225. The standard InChI is InChI=1S/C13H14N2O2S/c16-10-3-4-18-11(10)13-14-12(15-17-13)9-6-7-1-2-8(9)5-7/h3-4,7-9,16H,1-2,5-6H2. The number of hydrogen-bond acceptors (Lipinski definition) is 5. The summed E-state index contributed by atoms with van der Waals surface area (Å²) in [6, 6.07) is 1.65. The molecule has 2 aromatic rings. The molecule has 5 heteroatoms. The van der Waals surface area contributed by atoms with E-state index in [0.29, 0.717) is 16.7 Å². The molecule has 4 nitrogen and oxygen atoms in total. The SMILES string of the molecule is Oc1ccsc1-c1nc(C2CC3CCC2C3)no1. The molecule has 0 aliphatic heterocycles. The van der Waals surface area contributed by atoms with Crippen molar-refractivity contribution in [2.75, 3.05) is 0 Å². The van der Waals surface area contributed by atoms with E-state index in [9.17, 15) is 5.11 Å². The van der Waals surface area contributed by atoms with Gasteiger partial charge in [-0.15, -0.1) is 11.3 Å². The Bertz CT molecular complexity index is 577. The van der Waals surface area contributed by atoms with E-state index in [1.165, 1.54) is 37.0 Å². The van der Waals surface area contributed by atoms with Crippen molar-refractivity contribution < 1.29 is 9.63 Å². The molecule has 0 aromatic carbocycles. The van der Waals surface area contributed by atoms with Gasteiger partial charge in [0, 0.05) is 5.92 Å². The summed E-state index contributed by atoms with van der Waals surface area (Å²) >= 11 is 1.43. The van der Waals surface area contributed by atoms with E-state index >= 15 is 0 Å². The number of nitrogens with zero attached hydrogens (tertiary/aromatic N) is 2. The van der Waals surface area contributed by atoms with Crippen LogP contribution in [-0.4, -0.2) is 15.2 Å². The molecule has 2 saturated carbocycles. The molecule has 2 bridgehead atoms. The maximum absolute atomic E-state index is 9.67. The van der Waals surface area contributed by atoms with Gasteiger partial charge in [0.1, 0.15) is 10.6 Å². The van der Waals surface area contributed by atoms with Crippen molar-refractivity contribution in [2.24, 2.45) is 11.8 Å². The molecule has 4 rings (SSSR count). The van der Waals surface area contributed by atoms with Gasteiger partial charge in [-0.05, 0) is 42.5 Å². The first-order valence-corrected chi connectivity index (χ1v) is 7.29. The zero-order chi connectivity index (χ0) is 12.1. The minimum absolute atomic E-state index is 0.225. The average Bonchev–Trinajstić information content (AvgIpc) is 3.12. The third-order valence-corrected chi connectivity index (χ3v) is 5.24. The lowest BCUT2D eigenvalue weighted by Crippen LogP contribution is -2.09. The fourth-order valence-electron chi connectivity index (χ4n) is 3.50. The monoisotopic (exact) mass is 262 g/mol. The van der Waals surface area contributed by atoms with Gasteiger partial charge in [0.2, 0.25) is 0 Å². The molecule has 2 aromatic heterocycles. The highest BCUT2D eigenvalue weighted by molar-refractivity contribution is 7.13. The summed E-state index contributed by atoms with van der Waals surface area (Å²) < 4.78 is 5.30. The van der Waals surface area contributed by atoms with Gasteiger partial charge in [-0.2, -0.15) is 4.98 Å². The Morgan fingerprint density at radius 3 is 2.94 bits per heavy atom. The molecule has 3 atom stereocenters. The van der Waals surface area contributed by atoms with Crippen LogP contribution in [0.3, 0.4) is 0 Å². The predicted octanol–water partition coefficient (Wildman–Crippen LogP) is 3.41. The molecule has 18 heavy (non-hydrogen) atoms. The van der Waals surface area contributed by atoms with Gasteiger partial charge < -0.3 is 9.63 Å². The highest BCUT2D eigenvalue weighted by atomic mass is 32.1. The van der Waals surface area contributed by atoms with E-state index in [4.69, 9.17) is 4.52 Å². The first-order valence-electron chi connectivity index (χ1n) is 6.41.